The summed E-state index contributed by atoms with van der Waals surface area (Å²) in [6.45, 7) is 8.45. The first-order chi connectivity index (χ1) is 8.20. The van der Waals surface area contributed by atoms with Crippen molar-refractivity contribution in [2.24, 2.45) is 0 Å². The highest BCUT2D eigenvalue weighted by atomic mass is 16.5. The summed E-state index contributed by atoms with van der Waals surface area (Å²) in [6.07, 6.45) is 3.25. The second-order valence-corrected chi connectivity index (χ2v) is 5.38. The summed E-state index contributed by atoms with van der Waals surface area (Å²) < 4.78 is 11.2. The van der Waals surface area contributed by atoms with Gasteiger partial charge in [0.15, 0.2) is 0 Å². The first-order valence-electron chi connectivity index (χ1n) is 6.82. The molecule has 17 heavy (non-hydrogen) atoms. The van der Waals surface area contributed by atoms with Gasteiger partial charge in [-0.2, -0.15) is 0 Å². The highest BCUT2D eigenvalue weighted by molar-refractivity contribution is 4.86. The number of morpholine rings is 1. The molecular formula is C13H26N2O2. The largest absolute Gasteiger partial charge is 0.380 e. The molecule has 0 aromatic rings. The second kappa shape index (κ2) is 6.14. The normalized spacial score (nSPS) is 33.4. The van der Waals surface area contributed by atoms with Gasteiger partial charge in [0, 0.05) is 32.3 Å². The number of ether oxygens (including phenoxy) is 2. The molecule has 0 aliphatic carbocycles. The lowest BCUT2D eigenvalue weighted by molar-refractivity contribution is -0.0494. The van der Waals surface area contributed by atoms with Crippen LogP contribution in [0.4, 0.5) is 0 Å². The van der Waals surface area contributed by atoms with E-state index in [0.29, 0.717) is 18.2 Å². The van der Waals surface area contributed by atoms with Crippen LogP contribution in [0.5, 0.6) is 0 Å². The molecule has 2 fully saturated rings. The lowest BCUT2D eigenvalue weighted by Crippen LogP contribution is -2.51. The van der Waals surface area contributed by atoms with E-state index >= 15 is 0 Å². The highest BCUT2D eigenvalue weighted by Gasteiger charge is 2.32. The summed E-state index contributed by atoms with van der Waals surface area (Å²) >= 11 is 0. The van der Waals surface area contributed by atoms with Crippen LogP contribution in [0.1, 0.15) is 26.7 Å². The summed E-state index contributed by atoms with van der Waals surface area (Å²) in [6, 6.07) is 1.07. The van der Waals surface area contributed by atoms with Crippen LogP contribution < -0.4 is 5.32 Å². The van der Waals surface area contributed by atoms with Gasteiger partial charge in [-0.15, -0.1) is 0 Å². The molecule has 0 radical (unpaired) electrons. The Bertz CT molecular complexity index is 237. The molecule has 100 valence electrons. The average Bonchev–Trinajstić information content (AvgIpc) is 2.82. The molecule has 0 amide bonds. The van der Waals surface area contributed by atoms with Crippen molar-refractivity contribution in [2.45, 2.75) is 51.0 Å². The van der Waals surface area contributed by atoms with E-state index in [1.165, 1.54) is 19.4 Å². The van der Waals surface area contributed by atoms with Crippen molar-refractivity contribution in [3.63, 3.8) is 0 Å². The summed E-state index contributed by atoms with van der Waals surface area (Å²) in [5.41, 5.74) is 0. The number of rotatable bonds is 5. The fourth-order valence-electron chi connectivity index (χ4n) is 2.70. The minimum atomic E-state index is 0.248. The second-order valence-electron chi connectivity index (χ2n) is 5.38. The van der Waals surface area contributed by atoms with Crippen molar-refractivity contribution >= 4 is 0 Å². The molecule has 0 aromatic carbocycles. The molecule has 2 rings (SSSR count). The molecule has 2 aliphatic heterocycles. The van der Waals surface area contributed by atoms with Gasteiger partial charge in [0.2, 0.25) is 0 Å². The predicted octanol–water partition coefficient (Wildman–Crippen LogP) is 0.863. The number of methoxy groups -OCH3 is 1. The van der Waals surface area contributed by atoms with Gasteiger partial charge in [-0.05, 0) is 33.2 Å². The third-order valence-electron chi connectivity index (χ3n) is 4.20. The van der Waals surface area contributed by atoms with Crippen molar-refractivity contribution in [1.29, 1.82) is 0 Å². The predicted molar refractivity (Wildman–Crippen MR) is 68.3 cm³/mol. The van der Waals surface area contributed by atoms with Crippen LogP contribution in [0.3, 0.4) is 0 Å². The minimum Gasteiger partial charge on any atom is -0.380 e. The van der Waals surface area contributed by atoms with Gasteiger partial charge in [0.05, 0.1) is 18.8 Å². The van der Waals surface area contributed by atoms with Crippen molar-refractivity contribution in [3.8, 4) is 0 Å². The molecule has 0 spiro atoms. The van der Waals surface area contributed by atoms with E-state index in [9.17, 15) is 0 Å². The average molecular weight is 242 g/mol. The molecule has 4 nitrogen and oxygen atoms in total. The zero-order chi connectivity index (χ0) is 12.3. The van der Waals surface area contributed by atoms with Gasteiger partial charge in [0.25, 0.3) is 0 Å². The van der Waals surface area contributed by atoms with Crippen LogP contribution in [0.25, 0.3) is 0 Å². The smallest absolute Gasteiger partial charge is 0.0827 e. The monoisotopic (exact) mass is 242 g/mol. The Morgan fingerprint density at radius 1 is 1.47 bits per heavy atom. The molecule has 0 bridgehead atoms. The van der Waals surface area contributed by atoms with Crippen LogP contribution in [-0.2, 0) is 9.47 Å². The third-order valence-corrected chi connectivity index (χ3v) is 4.20. The van der Waals surface area contributed by atoms with E-state index in [1.807, 2.05) is 0 Å². The molecule has 0 saturated carbocycles. The van der Waals surface area contributed by atoms with Gasteiger partial charge >= 0.3 is 0 Å². The Labute approximate surface area is 105 Å². The van der Waals surface area contributed by atoms with E-state index in [-0.39, 0.29) is 6.10 Å². The summed E-state index contributed by atoms with van der Waals surface area (Å²) in [7, 11) is 1.76. The fraction of sp³-hybridized carbons (Fsp3) is 1.00. The number of nitrogens with one attached hydrogen (secondary N) is 1. The molecule has 1 N–H and O–H groups in total. The first kappa shape index (κ1) is 13.3. The minimum absolute atomic E-state index is 0.248. The lowest BCUT2D eigenvalue weighted by Gasteiger charge is -2.36. The molecule has 4 atom stereocenters. The molecule has 2 aliphatic rings. The Balaban J connectivity index is 1.69. The lowest BCUT2D eigenvalue weighted by atomic mass is 10.1. The van der Waals surface area contributed by atoms with Crippen LogP contribution in [-0.4, -0.2) is 62.5 Å². The SMILES string of the molecule is COC(C)C(C)NCC1CN2CCCC2CO1. The van der Waals surface area contributed by atoms with Crippen LogP contribution in [0.2, 0.25) is 0 Å². The van der Waals surface area contributed by atoms with Crippen molar-refractivity contribution in [2.75, 3.05) is 33.4 Å². The summed E-state index contributed by atoms with van der Waals surface area (Å²) in [5, 5.41) is 3.51. The van der Waals surface area contributed by atoms with Crippen molar-refractivity contribution in [3.05, 3.63) is 0 Å². The van der Waals surface area contributed by atoms with Crippen molar-refractivity contribution in [1.82, 2.24) is 10.2 Å². The topological polar surface area (TPSA) is 33.7 Å². The van der Waals surface area contributed by atoms with E-state index in [4.69, 9.17) is 9.47 Å². The van der Waals surface area contributed by atoms with Gasteiger partial charge in [-0.3, -0.25) is 4.90 Å². The Hall–Kier alpha value is -0.160. The van der Waals surface area contributed by atoms with Crippen LogP contribution in [0, 0.1) is 0 Å². The zero-order valence-electron chi connectivity index (χ0n) is 11.3. The maximum Gasteiger partial charge on any atom is 0.0827 e. The van der Waals surface area contributed by atoms with E-state index in [0.717, 1.165) is 19.7 Å². The van der Waals surface area contributed by atoms with E-state index < -0.39 is 0 Å². The number of nitrogens with zero attached hydrogens (tertiary/aromatic N) is 1. The Morgan fingerprint density at radius 3 is 3.06 bits per heavy atom. The molecule has 2 heterocycles. The van der Waals surface area contributed by atoms with E-state index in [2.05, 4.69) is 24.1 Å². The molecule has 4 heteroatoms. The molecular weight excluding hydrogens is 216 g/mol. The Morgan fingerprint density at radius 2 is 2.29 bits per heavy atom. The maximum atomic E-state index is 5.91. The summed E-state index contributed by atoms with van der Waals surface area (Å²) in [5.74, 6) is 0. The quantitative estimate of drug-likeness (QED) is 0.775. The van der Waals surface area contributed by atoms with Gasteiger partial charge in [-0.25, -0.2) is 0 Å². The van der Waals surface area contributed by atoms with Gasteiger partial charge < -0.3 is 14.8 Å². The van der Waals surface area contributed by atoms with Gasteiger partial charge in [0.1, 0.15) is 0 Å². The highest BCUT2D eigenvalue weighted by Crippen LogP contribution is 2.22. The van der Waals surface area contributed by atoms with Gasteiger partial charge in [-0.1, -0.05) is 0 Å². The maximum absolute atomic E-state index is 5.91. The fourth-order valence-corrected chi connectivity index (χ4v) is 2.70. The molecule has 4 unspecified atom stereocenters. The zero-order valence-corrected chi connectivity index (χ0v) is 11.3. The molecule has 0 aromatic heterocycles. The number of hydrogen-bond donors (Lipinski definition) is 1. The third kappa shape index (κ3) is 3.41. The summed E-state index contributed by atoms with van der Waals surface area (Å²) in [4.78, 5) is 2.58. The number of fused-ring (bicyclic) bond motifs is 1. The van der Waals surface area contributed by atoms with Crippen LogP contribution >= 0.6 is 0 Å². The van der Waals surface area contributed by atoms with Crippen LogP contribution in [0.15, 0.2) is 0 Å². The van der Waals surface area contributed by atoms with E-state index in [1.54, 1.807) is 7.11 Å². The van der Waals surface area contributed by atoms with Crippen molar-refractivity contribution < 1.29 is 9.47 Å². The standard InChI is InChI=1S/C13H26N2O2/c1-10(11(2)16-3)14-7-13-8-15-6-4-5-12(15)9-17-13/h10-14H,4-9H2,1-3H3. The Kier molecular flexibility index (Phi) is 4.79. The number of hydrogen-bond acceptors (Lipinski definition) is 4. The molecule has 2 saturated heterocycles. The first-order valence-corrected chi connectivity index (χ1v) is 6.82.